The lowest BCUT2D eigenvalue weighted by Crippen LogP contribution is -2.50. The van der Waals surface area contributed by atoms with E-state index in [-0.39, 0.29) is 240 Å². The van der Waals surface area contributed by atoms with E-state index in [9.17, 15) is 86.5 Å². The summed E-state index contributed by atoms with van der Waals surface area (Å²) < 4.78 is 68.0. The van der Waals surface area contributed by atoms with Gasteiger partial charge in [-0.1, -0.05) is 33.6 Å². The molecule has 3 aliphatic rings. The van der Waals surface area contributed by atoms with Crippen LogP contribution < -0.4 is 31.9 Å². The second-order valence-electron chi connectivity index (χ2n) is 27.6. The largest absolute Gasteiger partial charge is 0.480 e. The Morgan fingerprint density at radius 1 is 0.547 bits per heavy atom. The van der Waals surface area contributed by atoms with E-state index in [1.165, 1.54) is 40.8 Å². The second-order valence-corrected chi connectivity index (χ2v) is 28.4. The number of amides is 8. The number of alkyl halides is 3. The van der Waals surface area contributed by atoms with Gasteiger partial charge < -0.3 is 71.1 Å². The van der Waals surface area contributed by atoms with Gasteiger partial charge in [-0.3, -0.25) is 92.1 Å². The average molecular weight is 1680 g/mol. The number of likely N-dealkylation sites (tertiary alicyclic amines) is 2. The van der Waals surface area contributed by atoms with Crippen LogP contribution in [0.5, 0.6) is 0 Å². The Hall–Kier alpha value is -11.0. The highest BCUT2D eigenvalue weighted by Gasteiger charge is 2.48. The molecule has 40 nitrogen and oxygen atoms in total. The summed E-state index contributed by atoms with van der Waals surface area (Å²) in [5.41, 5.74) is 0.521. The SMILES string of the molecule is [C-]#[N+][C@@H]1CC(C)(F)CN1C(=O)CNC(=O)c1cc(CNC(=O)CCOCCOCCn2cc(-c3cc(C(=O)NCCNC(=O)CN4CCN(CC(=O)O)CCN(CC(=O)O)CCN(CC(=O)O)CC4)cc(-c4cn(CCOCCOCCC(=O)NCc5cc(C(=O)NCC(=O)N6CC(F)(F)C[C@@H]6C#N)c(Cl)cn5)nn4)c3)nn2)ncc1Cl. The number of nitrogens with zero attached hydrogens (tertiary/aromatic N) is 16. The van der Waals surface area contributed by atoms with Crippen molar-refractivity contribution in [2.45, 2.75) is 82.6 Å². The first-order valence-electron chi connectivity index (χ1n) is 37.1. The van der Waals surface area contributed by atoms with E-state index in [0.717, 1.165) is 4.90 Å². The van der Waals surface area contributed by atoms with Crippen molar-refractivity contribution >= 4 is 88.4 Å². The summed E-state index contributed by atoms with van der Waals surface area (Å²) >= 11 is 12.4. The molecule has 5 aromatic rings. The number of carboxylic acids is 3. The fourth-order valence-electron chi connectivity index (χ4n) is 12.3. The van der Waals surface area contributed by atoms with Gasteiger partial charge in [0.2, 0.25) is 29.5 Å². The third kappa shape index (κ3) is 30.9. The Labute approximate surface area is 678 Å². The lowest BCUT2D eigenvalue weighted by Gasteiger charge is -2.32. The third-order valence-electron chi connectivity index (χ3n) is 18.3. The van der Waals surface area contributed by atoms with Crippen LogP contribution in [0, 0.1) is 17.9 Å². The molecule has 0 spiro atoms. The summed E-state index contributed by atoms with van der Waals surface area (Å²) in [6, 6.07) is 7.91. The van der Waals surface area contributed by atoms with Crippen molar-refractivity contribution in [3.63, 3.8) is 0 Å². The molecule has 0 bridgehead atoms. The van der Waals surface area contributed by atoms with Crippen molar-refractivity contribution in [2.75, 3.05) is 171 Å². The van der Waals surface area contributed by atoms with E-state index in [2.05, 4.69) is 67.3 Å². The Bertz CT molecular complexity index is 4160. The van der Waals surface area contributed by atoms with Crippen molar-refractivity contribution < 1.29 is 100 Å². The van der Waals surface area contributed by atoms with Crippen LogP contribution in [0.25, 0.3) is 27.4 Å². The molecule has 0 aliphatic carbocycles. The van der Waals surface area contributed by atoms with Gasteiger partial charge in [-0.05, 0) is 37.3 Å². The van der Waals surface area contributed by atoms with Crippen molar-refractivity contribution in [3.8, 4) is 28.6 Å². The fourth-order valence-corrected chi connectivity index (χ4v) is 12.7. The average Bonchev–Trinajstić information content (AvgIpc) is 1.73. The zero-order chi connectivity index (χ0) is 84.6. The smallest absolute Gasteiger partial charge is 0.317 e. The minimum Gasteiger partial charge on any atom is -0.480 e. The molecule has 117 heavy (non-hydrogen) atoms. The Balaban J connectivity index is 0.794. The molecule has 3 saturated heterocycles. The number of carbonyl (C=O) groups is 11. The first-order valence-corrected chi connectivity index (χ1v) is 37.9. The van der Waals surface area contributed by atoms with Crippen LogP contribution in [-0.2, 0) is 83.5 Å². The minimum atomic E-state index is -3.23. The van der Waals surface area contributed by atoms with E-state index in [1.54, 1.807) is 56.3 Å². The number of benzene rings is 1. The van der Waals surface area contributed by atoms with E-state index in [1.807, 2.05) is 0 Å². The van der Waals surface area contributed by atoms with Crippen LogP contribution in [0.4, 0.5) is 13.2 Å². The lowest BCUT2D eigenvalue weighted by atomic mass is 10.0. The first kappa shape index (κ1) is 91.5. The van der Waals surface area contributed by atoms with E-state index in [4.69, 9.17) is 48.7 Å². The molecule has 1 unspecified atom stereocenters. The monoisotopic (exact) mass is 1680 g/mol. The number of pyridine rings is 2. The number of nitriles is 1. The van der Waals surface area contributed by atoms with Crippen molar-refractivity contribution in [2.24, 2.45) is 0 Å². The highest BCUT2D eigenvalue weighted by molar-refractivity contribution is 6.34. The summed E-state index contributed by atoms with van der Waals surface area (Å²) in [7, 11) is 0. The van der Waals surface area contributed by atoms with E-state index < -0.39 is 109 Å². The molecule has 8 amide bonds. The van der Waals surface area contributed by atoms with Gasteiger partial charge in [-0.15, -0.1) is 10.2 Å². The minimum absolute atomic E-state index is 0.0129. The van der Waals surface area contributed by atoms with Gasteiger partial charge in [0.05, 0.1) is 189 Å². The second kappa shape index (κ2) is 45.5. The number of carboxylic acid groups (broad SMARTS) is 3. The molecule has 9 N–H and O–H groups in total. The Morgan fingerprint density at radius 3 is 1.41 bits per heavy atom. The van der Waals surface area contributed by atoms with Gasteiger partial charge in [0.1, 0.15) is 23.1 Å². The molecular weight excluding hydrogens is 1590 g/mol. The number of hydrogen-bond donors (Lipinski definition) is 9. The summed E-state index contributed by atoms with van der Waals surface area (Å²) in [6.45, 7) is 7.92. The maximum atomic E-state index is 14.5. The number of nitrogens with one attached hydrogen (secondary N) is 6. The van der Waals surface area contributed by atoms with Gasteiger partial charge in [-0.2, -0.15) is 5.26 Å². The zero-order valence-corrected chi connectivity index (χ0v) is 65.4. The van der Waals surface area contributed by atoms with Crippen molar-refractivity contribution in [1.29, 1.82) is 5.26 Å². The molecule has 4 aromatic heterocycles. The summed E-state index contributed by atoms with van der Waals surface area (Å²) in [4.78, 5) is 159. The van der Waals surface area contributed by atoms with Crippen LogP contribution in [0.15, 0.2) is 55.1 Å². The number of aliphatic carboxylic acids is 3. The van der Waals surface area contributed by atoms with Gasteiger partial charge in [0.25, 0.3) is 23.6 Å². The van der Waals surface area contributed by atoms with Crippen LogP contribution in [-0.4, -0.2) is 344 Å². The number of halogens is 5. The molecule has 8 rings (SSSR count). The summed E-state index contributed by atoms with van der Waals surface area (Å²) in [5, 5.41) is 70.9. The van der Waals surface area contributed by atoms with Crippen LogP contribution in [0.1, 0.15) is 75.1 Å². The number of hydrogen-bond acceptors (Lipinski definition) is 26. The third-order valence-corrected chi connectivity index (χ3v) is 18.9. The van der Waals surface area contributed by atoms with Crippen LogP contribution in [0.3, 0.4) is 0 Å². The number of carbonyl (C=O) groups excluding carboxylic acids is 8. The van der Waals surface area contributed by atoms with Gasteiger partial charge >= 0.3 is 24.1 Å². The first-order chi connectivity index (χ1) is 55.9. The summed E-state index contributed by atoms with van der Waals surface area (Å²) in [5.74, 6) is -11.3. The quantitative estimate of drug-likeness (QED) is 0.0176. The standard InChI is InChI=1S/C72H91Cl2F3N22O18/c1-71(75)31-59(79-2)99(45-71)64(104)38-87-70(113)54-29-51(83-36-56(54)74)34-85-61(101)4-18-115-22-24-117-20-16-97-40-58(89-91-97)48-25-47(26-49(27-48)68(111)81-6-5-80-62(102)41-92-7-9-93(42-65(105)106)11-13-95(44-67(109)110)14-12-94(10-8-92)43-66(107)108)57-39-96(90-88-57)15-19-116-23-21-114-17-3-60(100)84-33-50-28-53(55(73)35-82-50)69(112)86-37-63(103)98-46-72(76,77)30-52(98)32-78/h25-29,35-36,39-40,52,59H,3-24,30-31,33-34,37-38,41-46H2,1H3,(H,80,102)(H,81,111)(H,84,100)(H,85,101)(H,86,112)(H,87,113)(H,105,106)(H,107,108)(H,109,110)/t52-,59+,71?/m1/s1. The molecule has 7 heterocycles. The maximum Gasteiger partial charge on any atom is 0.317 e. The molecule has 1 aromatic carbocycles. The summed E-state index contributed by atoms with van der Waals surface area (Å²) in [6.07, 6.45) is 3.69. The normalized spacial score (nSPS) is 17.5. The van der Waals surface area contributed by atoms with Gasteiger partial charge in [0, 0.05) is 114 Å². The van der Waals surface area contributed by atoms with Gasteiger partial charge in [-0.25, -0.2) is 29.1 Å². The molecule has 632 valence electrons. The number of ether oxygens (including phenoxy) is 4. The molecule has 3 atom stereocenters. The molecule has 0 saturated carbocycles. The van der Waals surface area contributed by atoms with E-state index in [0.29, 0.717) is 27.4 Å². The maximum absolute atomic E-state index is 14.5. The van der Waals surface area contributed by atoms with Crippen molar-refractivity contribution in [3.05, 3.63) is 105 Å². The highest BCUT2D eigenvalue weighted by atomic mass is 35.5. The topological polar surface area (TPSA) is 492 Å². The molecule has 3 fully saturated rings. The molecular formula is C72H91Cl2F3N22O18. The molecule has 45 heteroatoms. The Morgan fingerprint density at radius 2 is 0.974 bits per heavy atom. The van der Waals surface area contributed by atoms with Crippen LogP contribution in [0.2, 0.25) is 10.0 Å². The predicted molar refractivity (Wildman–Crippen MR) is 405 cm³/mol. The highest BCUT2D eigenvalue weighted by Crippen LogP contribution is 2.33. The Kier molecular flexibility index (Phi) is 35.6. The number of aromatic nitrogens is 8. The van der Waals surface area contributed by atoms with Crippen molar-refractivity contribution in [1.82, 2.24) is 101 Å². The molecule has 3 aliphatic heterocycles. The number of rotatable bonds is 42. The van der Waals surface area contributed by atoms with Crippen LogP contribution >= 0.6 is 23.2 Å². The predicted octanol–water partition coefficient (Wildman–Crippen LogP) is -0.474. The lowest BCUT2D eigenvalue weighted by molar-refractivity contribution is -0.140. The fraction of sp³-hybridized carbons (Fsp3) is 0.542. The zero-order valence-electron chi connectivity index (χ0n) is 63.9. The molecule has 0 radical (unpaired) electrons. The van der Waals surface area contributed by atoms with Gasteiger partial charge in [0.15, 0.2) is 0 Å². The van der Waals surface area contributed by atoms with E-state index >= 15 is 0 Å².